The number of nitrogens with two attached hydrogens (primary N) is 1. The van der Waals surface area contributed by atoms with Gasteiger partial charge in [-0.3, -0.25) is 4.68 Å². The van der Waals surface area contributed by atoms with Crippen LogP contribution in [0.1, 0.15) is 5.56 Å². The molecular formula is C22H25FN6. The maximum Gasteiger partial charge on any atom is 0.191 e. The molecule has 2 N–H and O–H groups in total. The molecule has 2 heterocycles. The van der Waals surface area contributed by atoms with Crippen LogP contribution in [0.15, 0.2) is 65.8 Å². The van der Waals surface area contributed by atoms with Gasteiger partial charge in [0, 0.05) is 56.2 Å². The summed E-state index contributed by atoms with van der Waals surface area (Å²) >= 11 is 0. The number of anilines is 1. The lowest BCUT2D eigenvalue weighted by Gasteiger charge is -2.36. The third-order valence-electron chi connectivity index (χ3n) is 5.16. The fourth-order valence-electron chi connectivity index (χ4n) is 3.60. The van der Waals surface area contributed by atoms with Crippen LogP contribution in [0.3, 0.4) is 0 Å². The fourth-order valence-corrected chi connectivity index (χ4v) is 3.60. The highest BCUT2D eigenvalue weighted by Crippen LogP contribution is 2.22. The Hall–Kier alpha value is -3.35. The van der Waals surface area contributed by atoms with Gasteiger partial charge in [0.15, 0.2) is 5.96 Å². The van der Waals surface area contributed by atoms with Gasteiger partial charge in [0.25, 0.3) is 0 Å². The van der Waals surface area contributed by atoms with E-state index in [2.05, 4.69) is 19.9 Å². The first-order valence-electron chi connectivity index (χ1n) is 9.73. The van der Waals surface area contributed by atoms with Crippen LogP contribution in [0.25, 0.3) is 11.3 Å². The molecule has 7 heteroatoms. The normalized spacial score (nSPS) is 15.0. The van der Waals surface area contributed by atoms with E-state index in [-0.39, 0.29) is 5.82 Å². The van der Waals surface area contributed by atoms with Crippen molar-refractivity contribution in [1.29, 1.82) is 0 Å². The van der Waals surface area contributed by atoms with Crippen molar-refractivity contribution < 1.29 is 4.39 Å². The second kappa shape index (κ2) is 8.34. The Bertz CT molecular complexity index is 972. The number of aliphatic imine (C=N–C) groups is 1. The lowest BCUT2D eigenvalue weighted by Crippen LogP contribution is -2.51. The largest absolute Gasteiger partial charge is 0.370 e. The van der Waals surface area contributed by atoms with Crippen molar-refractivity contribution in [1.82, 2.24) is 14.7 Å². The molecule has 0 spiro atoms. The van der Waals surface area contributed by atoms with Gasteiger partial charge in [0.2, 0.25) is 0 Å². The molecule has 0 aliphatic carbocycles. The van der Waals surface area contributed by atoms with Crippen LogP contribution in [0.5, 0.6) is 0 Å². The van der Waals surface area contributed by atoms with E-state index in [1.54, 1.807) is 0 Å². The van der Waals surface area contributed by atoms with Crippen LogP contribution in [0.2, 0.25) is 0 Å². The van der Waals surface area contributed by atoms with E-state index >= 15 is 0 Å². The number of benzene rings is 2. The molecule has 1 fully saturated rings. The van der Waals surface area contributed by atoms with Gasteiger partial charge >= 0.3 is 0 Å². The van der Waals surface area contributed by atoms with E-state index < -0.39 is 0 Å². The van der Waals surface area contributed by atoms with Gasteiger partial charge in [-0.25, -0.2) is 9.38 Å². The summed E-state index contributed by atoms with van der Waals surface area (Å²) in [6.45, 7) is 3.70. The number of piperazine rings is 1. The summed E-state index contributed by atoms with van der Waals surface area (Å²) < 4.78 is 14.9. The Morgan fingerprint density at radius 3 is 2.41 bits per heavy atom. The number of hydrogen-bond acceptors (Lipinski definition) is 3. The van der Waals surface area contributed by atoms with Crippen LogP contribution in [-0.2, 0) is 13.6 Å². The summed E-state index contributed by atoms with van der Waals surface area (Å²) in [5, 5.41) is 4.58. The van der Waals surface area contributed by atoms with Crippen molar-refractivity contribution in [3.63, 3.8) is 0 Å². The van der Waals surface area contributed by atoms with Crippen LogP contribution in [0.4, 0.5) is 10.1 Å². The van der Waals surface area contributed by atoms with Crippen LogP contribution < -0.4 is 10.6 Å². The van der Waals surface area contributed by atoms with Crippen molar-refractivity contribution in [2.24, 2.45) is 17.8 Å². The molecule has 1 saturated heterocycles. The van der Waals surface area contributed by atoms with Gasteiger partial charge < -0.3 is 15.5 Å². The standard InChI is InChI=1S/C22H25FN6/c1-27-16-18(21(26-27)17-5-3-2-4-6-17)15-25-22(24)29-13-11-28(12-14-29)20-9-7-19(23)8-10-20/h2-10,16H,11-15H2,1H3,(H2,24,25). The molecule has 1 aromatic heterocycles. The second-order valence-electron chi connectivity index (χ2n) is 7.17. The Morgan fingerprint density at radius 1 is 1.03 bits per heavy atom. The molecule has 2 aromatic carbocycles. The topological polar surface area (TPSA) is 62.7 Å². The van der Waals surface area contributed by atoms with Crippen molar-refractivity contribution in [2.75, 3.05) is 31.1 Å². The molecule has 0 amide bonds. The van der Waals surface area contributed by atoms with Crippen LogP contribution in [-0.4, -0.2) is 46.8 Å². The van der Waals surface area contributed by atoms with Crippen molar-refractivity contribution in [3.8, 4) is 11.3 Å². The van der Waals surface area contributed by atoms with Gasteiger partial charge in [-0.05, 0) is 24.3 Å². The predicted molar refractivity (Wildman–Crippen MR) is 114 cm³/mol. The summed E-state index contributed by atoms with van der Waals surface area (Å²) in [4.78, 5) is 8.96. The monoisotopic (exact) mass is 392 g/mol. The van der Waals surface area contributed by atoms with Crippen molar-refractivity contribution in [3.05, 3.63) is 72.2 Å². The quantitative estimate of drug-likeness (QED) is 0.548. The van der Waals surface area contributed by atoms with Gasteiger partial charge in [0.1, 0.15) is 5.82 Å². The van der Waals surface area contributed by atoms with Gasteiger partial charge in [-0.1, -0.05) is 30.3 Å². The Labute approximate surface area is 170 Å². The molecule has 1 aliphatic rings. The zero-order chi connectivity index (χ0) is 20.2. The lowest BCUT2D eigenvalue weighted by molar-refractivity contribution is 0.380. The zero-order valence-electron chi connectivity index (χ0n) is 16.5. The van der Waals surface area contributed by atoms with Crippen LogP contribution >= 0.6 is 0 Å². The number of guanidine groups is 1. The Balaban J connectivity index is 1.40. The molecule has 0 radical (unpaired) electrons. The van der Waals surface area contributed by atoms with E-state index in [0.29, 0.717) is 12.5 Å². The van der Waals surface area contributed by atoms with Gasteiger partial charge in [0.05, 0.1) is 12.2 Å². The van der Waals surface area contributed by atoms with Crippen molar-refractivity contribution >= 4 is 11.6 Å². The number of halogens is 1. The smallest absolute Gasteiger partial charge is 0.191 e. The van der Waals surface area contributed by atoms with E-state index in [1.807, 2.05) is 60.4 Å². The van der Waals surface area contributed by atoms with Crippen LogP contribution in [0, 0.1) is 5.82 Å². The minimum absolute atomic E-state index is 0.214. The minimum atomic E-state index is -0.214. The first-order valence-corrected chi connectivity index (χ1v) is 9.73. The van der Waals surface area contributed by atoms with E-state index in [9.17, 15) is 4.39 Å². The highest BCUT2D eigenvalue weighted by Gasteiger charge is 2.19. The van der Waals surface area contributed by atoms with Crippen molar-refractivity contribution in [2.45, 2.75) is 6.54 Å². The summed E-state index contributed by atoms with van der Waals surface area (Å²) in [5.74, 6) is 0.334. The maximum atomic E-state index is 13.1. The number of rotatable bonds is 4. The second-order valence-corrected chi connectivity index (χ2v) is 7.17. The van der Waals surface area contributed by atoms with E-state index in [1.165, 1.54) is 12.1 Å². The average molecular weight is 392 g/mol. The third-order valence-corrected chi connectivity index (χ3v) is 5.16. The number of aromatic nitrogens is 2. The molecule has 0 atom stereocenters. The number of hydrogen-bond donors (Lipinski definition) is 1. The molecule has 1 aliphatic heterocycles. The highest BCUT2D eigenvalue weighted by atomic mass is 19.1. The number of nitrogens with zero attached hydrogens (tertiary/aromatic N) is 5. The molecule has 0 saturated carbocycles. The minimum Gasteiger partial charge on any atom is -0.370 e. The SMILES string of the molecule is Cn1cc(CN=C(N)N2CCN(c3ccc(F)cc3)CC2)c(-c2ccccc2)n1. The Kier molecular flexibility index (Phi) is 5.46. The molecular weight excluding hydrogens is 367 g/mol. The zero-order valence-corrected chi connectivity index (χ0v) is 16.5. The molecule has 0 unspecified atom stereocenters. The third kappa shape index (κ3) is 4.39. The Morgan fingerprint density at radius 2 is 1.72 bits per heavy atom. The summed E-state index contributed by atoms with van der Waals surface area (Å²) in [6.07, 6.45) is 1.99. The average Bonchev–Trinajstić information content (AvgIpc) is 3.14. The van der Waals surface area contributed by atoms with Gasteiger partial charge in [-0.15, -0.1) is 0 Å². The maximum absolute atomic E-state index is 13.1. The predicted octanol–water partition coefficient (Wildman–Crippen LogP) is 2.86. The summed E-state index contributed by atoms with van der Waals surface area (Å²) in [6, 6.07) is 16.7. The molecule has 6 nitrogen and oxygen atoms in total. The lowest BCUT2D eigenvalue weighted by atomic mass is 10.1. The first-order chi connectivity index (χ1) is 14.1. The van der Waals surface area contributed by atoms with E-state index in [0.717, 1.165) is 48.7 Å². The molecule has 3 aromatic rings. The number of aryl methyl sites for hydroxylation is 1. The fraction of sp³-hybridized carbons (Fsp3) is 0.273. The molecule has 4 rings (SSSR count). The molecule has 150 valence electrons. The summed E-state index contributed by atoms with van der Waals surface area (Å²) in [5.41, 5.74) is 10.4. The van der Waals surface area contributed by atoms with E-state index in [4.69, 9.17) is 5.73 Å². The van der Waals surface area contributed by atoms with Gasteiger partial charge in [-0.2, -0.15) is 5.10 Å². The molecule has 0 bridgehead atoms. The molecule has 29 heavy (non-hydrogen) atoms. The first kappa shape index (κ1) is 19.0. The summed E-state index contributed by atoms with van der Waals surface area (Å²) in [7, 11) is 1.91. The highest BCUT2D eigenvalue weighted by molar-refractivity contribution is 5.78.